The number of carbonyl (C=O) groups excluding carboxylic acids is 2. The lowest BCUT2D eigenvalue weighted by Crippen LogP contribution is -2.47. The van der Waals surface area contributed by atoms with Gasteiger partial charge in [0.25, 0.3) is 0 Å². The monoisotopic (exact) mass is 155 g/mol. The molecule has 4 nitrogen and oxygen atoms in total. The van der Waals surface area contributed by atoms with Crippen LogP contribution >= 0.6 is 0 Å². The maximum absolute atomic E-state index is 10.7. The third-order valence-electron chi connectivity index (χ3n) is 1.82. The average Bonchev–Trinajstić information content (AvgIpc) is 2.04. The summed E-state index contributed by atoms with van der Waals surface area (Å²) in [6.45, 7) is 0.568. The van der Waals surface area contributed by atoms with Gasteiger partial charge >= 0.3 is 6.03 Å². The summed E-state index contributed by atoms with van der Waals surface area (Å²) in [6, 6.07) is -0.837. The summed E-state index contributed by atoms with van der Waals surface area (Å²) in [7, 11) is 0. The molecule has 0 aromatic heterocycles. The number of likely N-dealkylation sites (tertiary alicyclic amines) is 1. The molecule has 0 bridgehead atoms. The van der Waals surface area contributed by atoms with Crippen molar-refractivity contribution >= 4 is 12.3 Å². The summed E-state index contributed by atoms with van der Waals surface area (Å²) in [4.78, 5) is 22.5. The average molecular weight is 155 g/mol. The first-order valence-electron chi connectivity index (χ1n) is 3.58. The quantitative estimate of drug-likeness (QED) is 0.539. The minimum atomic E-state index is -0.504. The molecule has 1 heterocycles. The van der Waals surface area contributed by atoms with Crippen molar-refractivity contribution in [2.24, 2.45) is 5.73 Å². The van der Waals surface area contributed by atoms with Crippen molar-refractivity contribution < 1.29 is 9.59 Å². The molecule has 1 saturated heterocycles. The Kier molecular flexibility index (Phi) is 2.46. The lowest BCUT2D eigenvalue weighted by molar-refractivity contribution is -0.111. The van der Waals surface area contributed by atoms with Crippen LogP contribution in [0.1, 0.15) is 12.8 Å². The highest BCUT2D eigenvalue weighted by Crippen LogP contribution is 2.13. The van der Waals surface area contributed by atoms with Gasteiger partial charge < -0.3 is 15.4 Å². The second kappa shape index (κ2) is 3.37. The van der Waals surface area contributed by atoms with Gasteiger partial charge in [0.2, 0.25) is 0 Å². The van der Waals surface area contributed by atoms with Gasteiger partial charge in [-0.2, -0.15) is 0 Å². The van der Waals surface area contributed by atoms with Crippen LogP contribution in [0.2, 0.25) is 0 Å². The first kappa shape index (κ1) is 8.04. The van der Waals surface area contributed by atoms with Crippen LogP contribution in [0.5, 0.6) is 0 Å². The van der Waals surface area contributed by atoms with E-state index in [1.807, 2.05) is 6.42 Å². The van der Waals surface area contributed by atoms with E-state index in [1.54, 1.807) is 0 Å². The number of piperidine rings is 1. The Morgan fingerprint density at radius 3 is 2.91 bits per heavy atom. The van der Waals surface area contributed by atoms with Gasteiger partial charge in [0.15, 0.2) is 0 Å². The van der Waals surface area contributed by atoms with Crippen LogP contribution in [-0.2, 0) is 4.79 Å². The van der Waals surface area contributed by atoms with Crippen molar-refractivity contribution in [2.45, 2.75) is 18.9 Å². The summed E-state index contributed by atoms with van der Waals surface area (Å²) in [5.74, 6) is 0. The van der Waals surface area contributed by atoms with E-state index in [-0.39, 0.29) is 6.04 Å². The van der Waals surface area contributed by atoms with Crippen LogP contribution in [-0.4, -0.2) is 29.8 Å². The minimum absolute atomic E-state index is 0.332. The summed E-state index contributed by atoms with van der Waals surface area (Å²) in [5.41, 5.74) is 5.05. The summed E-state index contributed by atoms with van der Waals surface area (Å²) < 4.78 is 0. The first-order chi connectivity index (χ1) is 5.25. The Bertz CT molecular complexity index is 170. The van der Waals surface area contributed by atoms with Gasteiger partial charge in [-0.3, -0.25) is 0 Å². The fourth-order valence-electron chi connectivity index (χ4n) is 1.21. The topological polar surface area (TPSA) is 63.4 Å². The summed E-state index contributed by atoms with van der Waals surface area (Å²) in [6.07, 6.45) is 4.22. The van der Waals surface area contributed by atoms with Crippen molar-refractivity contribution in [3.8, 4) is 0 Å². The summed E-state index contributed by atoms with van der Waals surface area (Å²) >= 11 is 0. The highest BCUT2D eigenvalue weighted by molar-refractivity contribution is 5.76. The zero-order valence-corrected chi connectivity index (χ0v) is 6.19. The number of amides is 2. The number of carbonyl (C=O) groups is 2. The number of nitrogens with two attached hydrogens (primary N) is 1. The zero-order valence-electron chi connectivity index (χ0n) is 6.19. The maximum atomic E-state index is 10.7. The van der Waals surface area contributed by atoms with Crippen molar-refractivity contribution in [3.63, 3.8) is 0 Å². The zero-order chi connectivity index (χ0) is 8.27. The summed E-state index contributed by atoms with van der Waals surface area (Å²) in [5, 5.41) is 0. The predicted octanol–water partition coefficient (Wildman–Crippen LogP) is -0.0673. The SMILES string of the molecule is NC(=O)N1CC[CH]CC1C=O. The van der Waals surface area contributed by atoms with Crippen molar-refractivity contribution in [2.75, 3.05) is 6.54 Å². The smallest absolute Gasteiger partial charge is 0.315 e. The van der Waals surface area contributed by atoms with Crippen molar-refractivity contribution in [1.29, 1.82) is 0 Å². The normalized spacial score (nSPS) is 24.7. The Morgan fingerprint density at radius 1 is 1.73 bits per heavy atom. The van der Waals surface area contributed by atoms with Crippen molar-refractivity contribution in [1.82, 2.24) is 4.90 Å². The molecule has 0 spiro atoms. The molecule has 4 heteroatoms. The molecule has 1 atom stereocenters. The Morgan fingerprint density at radius 2 is 2.45 bits per heavy atom. The van der Waals surface area contributed by atoms with E-state index in [4.69, 9.17) is 5.73 Å². The Hall–Kier alpha value is -1.06. The Balaban J connectivity index is 2.58. The Labute approximate surface area is 65.3 Å². The molecule has 1 fully saturated rings. The van der Waals surface area contributed by atoms with Gasteiger partial charge in [-0.05, 0) is 19.3 Å². The molecule has 1 unspecified atom stereocenters. The van der Waals surface area contributed by atoms with Crippen LogP contribution in [0.3, 0.4) is 0 Å². The number of hydrogen-bond donors (Lipinski definition) is 1. The molecular formula is C7H11N2O2. The highest BCUT2D eigenvalue weighted by Gasteiger charge is 2.23. The van der Waals surface area contributed by atoms with E-state index < -0.39 is 6.03 Å². The molecule has 2 amide bonds. The number of nitrogens with zero attached hydrogens (tertiary/aromatic N) is 1. The number of rotatable bonds is 1. The number of primary amides is 1. The van der Waals surface area contributed by atoms with Crippen LogP contribution in [0.15, 0.2) is 0 Å². The molecule has 11 heavy (non-hydrogen) atoms. The molecule has 1 aliphatic heterocycles. The maximum Gasteiger partial charge on any atom is 0.315 e. The van der Waals surface area contributed by atoms with E-state index in [1.165, 1.54) is 4.90 Å². The first-order valence-corrected chi connectivity index (χ1v) is 3.58. The molecule has 2 N–H and O–H groups in total. The number of aldehydes is 1. The van der Waals surface area contributed by atoms with Gasteiger partial charge in [-0.15, -0.1) is 0 Å². The van der Waals surface area contributed by atoms with E-state index in [9.17, 15) is 9.59 Å². The second-order valence-electron chi connectivity index (χ2n) is 2.55. The predicted molar refractivity (Wildman–Crippen MR) is 39.7 cm³/mol. The number of hydrogen-bond acceptors (Lipinski definition) is 2. The molecular weight excluding hydrogens is 144 g/mol. The third kappa shape index (κ3) is 1.69. The van der Waals surface area contributed by atoms with Gasteiger partial charge in [-0.25, -0.2) is 4.79 Å². The highest BCUT2D eigenvalue weighted by atomic mass is 16.2. The fourth-order valence-corrected chi connectivity index (χ4v) is 1.21. The number of urea groups is 1. The minimum Gasteiger partial charge on any atom is -0.351 e. The van der Waals surface area contributed by atoms with Gasteiger partial charge in [0.05, 0.1) is 6.04 Å². The van der Waals surface area contributed by atoms with Gasteiger partial charge in [0.1, 0.15) is 6.29 Å². The molecule has 1 aliphatic rings. The molecule has 0 aromatic carbocycles. The van der Waals surface area contributed by atoms with Crippen LogP contribution in [0, 0.1) is 6.42 Å². The van der Waals surface area contributed by atoms with Gasteiger partial charge in [0, 0.05) is 6.54 Å². The van der Waals surface area contributed by atoms with Gasteiger partial charge in [-0.1, -0.05) is 0 Å². The molecule has 0 saturated carbocycles. The van der Waals surface area contributed by atoms with E-state index in [2.05, 4.69) is 0 Å². The molecule has 0 aromatic rings. The van der Waals surface area contributed by atoms with Crippen LogP contribution in [0.4, 0.5) is 4.79 Å². The lowest BCUT2D eigenvalue weighted by atomic mass is 10.0. The molecule has 1 radical (unpaired) electrons. The molecule has 61 valence electrons. The lowest BCUT2D eigenvalue weighted by Gasteiger charge is -2.30. The van der Waals surface area contributed by atoms with Crippen molar-refractivity contribution in [3.05, 3.63) is 6.42 Å². The molecule has 1 rings (SSSR count). The van der Waals surface area contributed by atoms with Crippen LogP contribution < -0.4 is 5.73 Å². The van der Waals surface area contributed by atoms with E-state index in [0.717, 1.165) is 12.7 Å². The standard InChI is InChI=1S/C7H11N2O2/c8-7(11)9-4-2-1-3-6(9)5-10/h1,5-6H,2-4H2,(H2,8,11). The third-order valence-corrected chi connectivity index (χ3v) is 1.82. The fraction of sp³-hybridized carbons (Fsp3) is 0.571. The second-order valence-corrected chi connectivity index (χ2v) is 2.55. The molecule has 0 aliphatic carbocycles. The van der Waals surface area contributed by atoms with E-state index >= 15 is 0 Å². The van der Waals surface area contributed by atoms with E-state index in [0.29, 0.717) is 13.0 Å². The van der Waals surface area contributed by atoms with Crippen LogP contribution in [0.25, 0.3) is 0 Å². The largest absolute Gasteiger partial charge is 0.351 e.